The minimum Gasteiger partial charge on any atom is -0.465 e. The number of carbonyl (C=O) groups is 1. The van der Waals surface area contributed by atoms with E-state index in [4.69, 9.17) is 4.74 Å². The highest BCUT2D eigenvalue weighted by molar-refractivity contribution is 9.10. The van der Waals surface area contributed by atoms with E-state index >= 15 is 0 Å². The molecule has 0 aliphatic heterocycles. The zero-order valence-corrected chi connectivity index (χ0v) is 11.4. The summed E-state index contributed by atoms with van der Waals surface area (Å²) in [5.74, 6) is -0.408. The number of rotatable bonds is 3. The number of halogens is 1. The molecule has 0 amide bonds. The number of aromatic nitrogens is 1. The van der Waals surface area contributed by atoms with Gasteiger partial charge in [-0.05, 0) is 30.5 Å². The van der Waals surface area contributed by atoms with Crippen LogP contribution in [0, 0.1) is 0 Å². The molecule has 2 aromatic rings. The zero-order chi connectivity index (χ0) is 13.1. The number of benzene rings is 1. The lowest BCUT2D eigenvalue weighted by atomic mass is 10.2. The van der Waals surface area contributed by atoms with Crippen molar-refractivity contribution in [2.24, 2.45) is 0 Å². The van der Waals surface area contributed by atoms with Crippen LogP contribution in [0.5, 0.6) is 0 Å². The van der Waals surface area contributed by atoms with Crippen molar-refractivity contribution in [3.63, 3.8) is 0 Å². The van der Waals surface area contributed by atoms with Gasteiger partial charge in [-0.1, -0.05) is 22.0 Å². The van der Waals surface area contributed by atoms with Gasteiger partial charge in [0.05, 0.1) is 6.61 Å². The first-order valence-corrected chi connectivity index (χ1v) is 6.35. The van der Waals surface area contributed by atoms with E-state index in [9.17, 15) is 9.59 Å². The van der Waals surface area contributed by atoms with Gasteiger partial charge >= 0.3 is 5.97 Å². The highest BCUT2D eigenvalue weighted by Crippen LogP contribution is 2.16. The molecular formula is C13H12BrNO3. The van der Waals surface area contributed by atoms with Gasteiger partial charge in [0, 0.05) is 16.1 Å². The van der Waals surface area contributed by atoms with E-state index in [1.165, 1.54) is 4.57 Å². The summed E-state index contributed by atoms with van der Waals surface area (Å²) in [7, 11) is 0. The molecule has 0 bridgehead atoms. The molecule has 0 atom stereocenters. The fourth-order valence-corrected chi connectivity index (χ4v) is 2.08. The Labute approximate surface area is 112 Å². The van der Waals surface area contributed by atoms with Crippen LogP contribution in [0.3, 0.4) is 0 Å². The SMILES string of the molecule is CCOC(=O)Cn1ccc2ccc(Br)cc2c1=O. The third-order valence-corrected chi connectivity index (χ3v) is 3.04. The largest absolute Gasteiger partial charge is 0.465 e. The fraction of sp³-hybridized carbons (Fsp3) is 0.231. The topological polar surface area (TPSA) is 48.3 Å². The van der Waals surface area contributed by atoms with Crippen molar-refractivity contribution in [1.29, 1.82) is 0 Å². The molecule has 4 nitrogen and oxygen atoms in total. The maximum Gasteiger partial charge on any atom is 0.326 e. The molecule has 0 aliphatic carbocycles. The van der Waals surface area contributed by atoms with Crippen LogP contribution < -0.4 is 5.56 Å². The van der Waals surface area contributed by atoms with Crippen molar-refractivity contribution in [2.75, 3.05) is 6.61 Å². The van der Waals surface area contributed by atoms with Crippen molar-refractivity contribution >= 4 is 32.7 Å². The molecule has 18 heavy (non-hydrogen) atoms. The summed E-state index contributed by atoms with van der Waals surface area (Å²) >= 11 is 3.33. The quantitative estimate of drug-likeness (QED) is 0.818. The summed E-state index contributed by atoms with van der Waals surface area (Å²) in [6.07, 6.45) is 1.61. The average Bonchev–Trinajstić information content (AvgIpc) is 2.34. The highest BCUT2D eigenvalue weighted by atomic mass is 79.9. The van der Waals surface area contributed by atoms with E-state index in [0.29, 0.717) is 12.0 Å². The number of esters is 1. The number of pyridine rings is 1. The van der Waals surface area contributed by atoms with Gasteiger partial charge in [-0.3, -0.25) is 9.59 Å². The van der Waals surface area contributed by atoms with Gasteiger partial charge in [-0.25, -0.2) is 0 Å². The predicted molar refractivity (Wildman–Crippen MR) is 72.5 cm³/mol. The van der Waals surface area contributed by atoms with Crippen LogP contribution in [0.25, 0.3) is 10.8 Å². The second-order valence-corrected chi connectivity index (χ2v) is 4.70. The van der Waals surface area contributed by atoms with Crippen LogP contribution in [-0.2, 0) is 16.1 Å². The van der Waals surface area contributed by atoms with Gasteiger partial charge < -0.3 is 9.30 Å². The van der Waals surface area contributed by atoms with Crippen LogP contribution >= 0.6 is 15.9 Å². The molecule has 1 aromatic carbocycles. The lowest BCUT2D eigenvalue weighted by Gasteiger charge is -2.07. The van der Waals surface area contributed by atoms with Gasteiger partial charge in [-0.15, -0.1) is 0 Å². The molecule has 1 aromatic heterocycles. The van der Waals surface area contributed by atoms with Crippen LogP contribution in [0.4, 0.5) is 0 Å². The Morgan fingerprint density at radius 1 is 1.39 bits per heavy atom. The Kier molecular flexibility index (Phi) is 3.81. The monoisotopic (exact) mass is 309 g/mol. The Hall–Kier alpha value is -1.62. The molecule has 0 saturated carbocycles. The molecule has 94 valence electrons. The van der Waals surface area contributed by atoms with Gasteiger partial charge in [0.1, 0.15) is 6.54 Å². The molecule has 0 aliphatic rings. The van der Waals surface area contributed by atoms with Crippen molar-refractivity contribution in [3.05, 3.63) is 45.3 Å². The third kappa shape index (κ3) is 2.61. The number of fused-ring (bicyclic) bond motifs is 1. The normalized spacial score (nSPS) is 10.6. The number of hydrogen-bond acceptors (Lipinski definition) is 3. The second kappa shape index (κ2) is 5.35. The number of hydrogen-bond donors (Lipinski definition) is 0. The molecule has 1 heterocycles. The molecule has 0 saturated heterocycles. The van der Waals surface area contributed by atoms with Gasteiger partial charge in [0.2, 0.25) is 0 Å². The van der Waals surface area contributed by atoms with Crippen LogP contribution in [-0.4, -0.2) is 17.1 Å². The Balaban J connectivity index is 2.44. The Morgan fingerprint density at radius 3 is 2.89 bits per heavy atom. The van der Waals surface area contributed by atoms with Gasteiger partial charge in [0.25, 0.3) is 5.56 Å². The van der Waals surface area contributed by atoms with E-state index in [2.05, 4.69) is 15.9 Å². The summed E-state index contributed by atoms with van der Waals surface area (Å²) in [4.78, 5) is 23.5. The van der Waals surface area contributed by atoms with Crippen molar-refractivity contribution in [1.82, 2.24) is 4.57 Å². The van der Waals surface area contributed by atoms with Crippen molar-refractivity contribution in [3.8, 4) is 0 Å². The van der Waals surface area contributed by atoms with E-state index in [-0.39, 0.29) is 12.1 Å². The highest BCUT2D eigenvalue weighted by Gasteiger charge is 2.07. The third-order valence-electron chi connectivity index (χ3n) is 2.55. The first-order valence-electron chi connectivity index (χ1n) is 5.56. The van der Waals surface area contributed by atoms with Crippen LogP contribution in [0.15, 0.2) is 39.7 Å². The molecule has 2 rings (SSSR count). The van der Waals surface area contributed by atoms with Gasteiger partial charge in [-0.2, -0.15) is 0 Å². The maximum atomic E-state index is 12.2. The summed E-state index contributed by atoms with van der Waals surface area (Å²) in [6.45, 7) is 1.99. The summed E-state index contributed by atoms with van der Waals surface area (Å²) in [6, 6.07) is 7.29. The predicted octanol–water partition coefficient (Wildman–Crippen LogP) is 2.33. The van der Waals surface area contributed by atoms with Crippen molar-refractivity contribution in [2.45, 2.75) is 13.5 Å². The summed E-state index contributed by atoms with van der Waals surface area (Å²) < 4.78 is 7.02. The maximum absolute atomic E-state index is 12.2. The zero-order valence-electron chi connectivity index (χ0n) is 9.85. The first-order chi connectivity index (χ1) is 8.61. The second-order valence-electron chi connectivity index (χ2n) is 3.79. The number of nitrogens with zero attached hydrogens (tertiary/aromatic N) is 1. The lowest BCUT2D eigenvalue weighted by molar-refractivity contribution is -0.143. The first kappa shape index (κ1) is 12.8. The molecule has 0 spiro atoms. The molecule has 5 heteroatoms. The number of ether oxygens (including phenoxy) is 1. The smallest absolute Gasteiger partial charge is 0.326 e. The summed E-state index contributed by atoms with van der Waals surface area (Å²) in [5, 5.41) is 1.43. The van der Waals surface area contributed by atoms with Crippen molar-refractivity contribution < 1.29 is 9.53 Å². The van der Waals surface area contributed by atoms with E-state index in [0.717, 1.165) is 9.86 Å². The standard InChI is InChI=1S/C13H12BrNO3/c1-2-18-12(16)8-15-6-5-9-3-4-10(14)7-11(9)13(15)17/h3-7H,2,8H2,1H3. The minimum atomic E-state index is -0.408. The number of carbonyl (C=O) groups excluding carboxylic acids is 1. The van der Waals surface area contributed by atoms with Crippen LogP contribution in [0.2, 0.25) is 0 Å². The molecule has 0 unspecified atom stereocenters. The van der Waals surface area contributed by atoms with E-state index < -0.39 is 5.97 Å². The van der Waals surface area contributed by atoms with E-state index in [1.54, 1.807) is 19.2 Å². The molecule has 0 N–H and O–H groups in total. The molecular weight excluding hydrogens is 298 g/mol. The fourth-order valence-electron chi connectivity index (χ4n) is 1.72. The van der Waals surface area contributed by atoms with E-state index in [1.807, 2.05) is 18.2 Å². The Bertz CT molecular complexity index is 648. The summed E-state index contributed by atoms with van der Waals surface area (Å²) in [5.41, 5.74) is -0.193. The molecule has 0 fully saturated rings. The minimum absolute atomic E-state index is 0.0604. The lowest BCUT2D eigenvalue weighted by Crippen LogP contribution is -2.24. The molecule has 0 radical (unpaired) electrons. The average molecular weight is 310 g/mol. The van der Waals surface area contributed by atoms with Crippen LogP contribution in [0.1, 0.15) is 6.92 Å². The Morgan fingerprint density at radius 2 is 2.17 bits per heavy atom. The van der Waals surface area contributed by atoms with Gasteiger partial charge in [0.15, 0.2) is 0 Å².